The minimum atomic E-state index is -0.470. The second-order valence-corrected chi connectivity index (χ2v) is 8.06. The molecule has 29 heavy (non-hydrogen) atoms. The molecule has 3 aliphatic rings. The Kier molecular flexibility index (Phi) is 4.36. The van der Waals surface area contributed by atoms with Crippen LogP contribution in [-0.2, 0) is 9.59 Å². The average Bonchev–Trinajstić information content (AvgIpc) is 3.37. The molecule has 0 bridgehead atoms. The fourth-order valence-corrected chi connectivity index (χ4v) is 4.04. The maximum absolute atomic E-state index is 12.4. The number of carbonyl (C=O) groups excluding carboxylic acids is 2. The number of fused-ring (bicyclic) bond motifs is 2. The molecule has 0 aliphatic carbocycles. The van der Waals surface area contributed by atoms with Gasteiger partial charge in [0.15, 0.2) is 23.0 Å². The molecule has 0 atom stereocenters. The molecule has 0 radical (unpaired) electrons. The first-order valence-corrected chi connectivity index (χ1v) is 10.1. The largest absolute Gasteiger partial charge is 0.454 e. The van der Waals surface area contributed by atoms with Crippen molar-refractivity contribution in [1.82, 2.24) is 5.32 Å². The minimum Gasteiger partial charge on any atom is -0.454 e. The fourth-order valence-electron chi connectivity index (χ4n) is 3.17. The van der Waals surface area contributed by atoms with Crippen LogP contribution in [0.15, 0.2) is 44.4 Å². The van der Waals surface area contributed by atoms with Gasteiger partial charge in [-0.25, -0.2) is 0 Å². The van der Waals surface area contributed by atoms with Crippen molar-refractivity contribution in [1.29, 1.82) is 0 Å². The first kappa shape index (κ1) is 18.3. The van der Waals surface area contributed by atoms with E-state index in [0.717, 1.165) is 0 Å². The number of nitrogens with one attached hydrogen (secondary N) is 1. The van der Waals surface area contributed by atoms with Crippen molar-refractivity contribution in [3.8, 4) is 23.0 Å². The van der Waals surface area contributed by atoms with Gasteiger partial charge in [-0.1, -0.05) is 31.9 Å². The third kappa shape index (κ3) is 3.20. The lowest BCUT2D eigenvalue weighted by Crippen LogP contribution is -2.19. The van der Waals surface area contributed by atoms with E-state index in [1.54, 1.807) is 36.4 Å². The lowest BCUT2D eigenvalue weighted by molar-refractivity contribution is -0.123. The number of rotatable bonds is 2. The van der Waals surface area contributed by atoms with Crippen LogP contribution in [0.2, 0.25) is 0 Å². The Morgan fingerprint density at radius 2 is 1.07 bits per heavy atom. The topological polar surface area (TPSA) is 83.1 Å². The van der Waals surface area contributed by atoms with Gasteiger partial charge >= 0.3 is 0 Å². The zero-order valence-electron chi connectivity index (χ0n) is 14.6. The molecule has 9 heteroatoms. The SMILES string of the molecule is O=C1NC(=O)/C(=C/c2cc3c(cc2Br)OCO3)C1=Cc1cc2c(cc1Br)OCO2. The van der Waals surface area contributed by atoms with E-state index in [9.17, 15) is 9.59 Å². The van der Waals surface area contributed by atoms with Crippen molar-refractivity contribution < 1.29 is 28.5 Å². The Labute approximate surface area is 181 Å². The summed E-state index contributed by atoms with van der Waals surface area (Å²) in [6, 6.07) is 7.04. The quantitative estimate of drug-likeness (QED) is 0.479. The van der Waals surface area contributed by atoms with Crippen molar-refractivity contribution >= 4 is 55.8 Å². The molecule has 5 rings (SSSR count). The summed E-state index contributed by atoms with van der Waals surface area (Å²) >= 11 is 6.94. The zero-order valence-corrected chi connectivity index (χ0v) is 17.8. The molecule has 0 spiro atoms. The van der Waals surface area contributed by atoms with Crippen molar-refractivity contribution in [3.05, 3.63) is 55.5 Å². The predicted molar refractivity (Wildman–Crippen MR) is 110 cm³/mol. The summed E-state index contributed by atoms with van der Waals surface area (Å²) < 4.78 is 22.9. The van der Waals surface area contributed by atoms with Gasteiger partial charge < -0.3 is 18.9 Å². The Balaban J connectivity index is 1.60. The summed E-state index contributed by atoms with van der Waals surface area (Å²) in [5.41, 5.74) is 1.87. The van der Waals surface area contributed by atoms with Gasteiger partial charge in [-0.15, -0.1) is 0 Å². The van der Waals surface area contributed by atoms with Crippen LogP contribution in [0.1, 0.15) is 11.1 Å². The maximum atomic E-state index is 12.4. The number of ether oxygens (including phenoxy) is 4. The van der Waals surface area contributed by atoms with E-state index in [1.807, 2.05) is 0 Å². The Hall–Kier alpha value is -2.78. The van der Waals surface area contributed by atoms with Gasteiger partial charge in [-0.05, 0) is 47.5 Å². The molecule has 146 valence electrons. The molecule has 2 aromatic rings. The summed E-state index contributed by atoms with van der Waals surface area (Å²) in [6.45, 7) is 0.286. The predicted octanol–water partition coefficient (Wildman–Crippen LogP) is 3.79. The summed E-state index contributed by atoms with van der Waals surface area (Å²) in [4.78, 5) is 24.9. The highest BCUT2D eigenvalue weighted by molar-refractivity contribution is 9.10. The van der Waals surface area contributed by atoms with Crippen molar-refractivity contribution in [2.45, 2.75) is 0 Å². The third-order valence-corrected chi connectivity index (χ3v) is 5.96. The minimum absolute atomic E-state index is 0.143. The van der Waals surface area contributed by atoms with Crippen molar-refractivity contribution in [2.24, 2.45) is 0 Å². The normalized spacial score (nSPS) is 19.4. The van der Waals surface area contributed by atoms with E-state index in [2.05, 4.69) is 37.2 Å². The fraction of sp³-hybridized carbons (Fsp3) is 0.100. The van der Waals surface area contributed by atoms with Gasteiger partial charge in [-0.2, -0.15) is 0 Å². The van der Waals surface area contributed by atoms with Gasteiger partial charge in [0.25, 0.3) is 11.8 Å². The van der Waals surface area contributed by atoms with Gasteiger partial charge in [0.05, 0.1) is 11.1 Å². The van der Waals surface area contributed by atoms with E-state index >= 15 is 0 Å². The Bertz CT molecular complexity index is 1060. The smallest absolute Gasteiger partial charge is 0.258 e. The monoisotopic (exact) mass is 519 g/mol. The molecule has 1 fully saturated rings. The summed E-state index contributed by atoms with van der Waals surface area (Å²) in [6.07, 6.45) is 3.28. The molecule has 3 aliphatic heterocycles. The van der Waals surface area contributed by atoms with Crippen LogP contribution >= 0.6 is 31.9 Å². The summed E-state index contributed by atoms with van der Waals surface area (Å²) in [5, 5.41) is 2.34. The van der Waals surface area contributed by atoms with Crippen molar-refractivity contribution in [2.75, 3.05) is 13.6 Å². The Morgan fingerprint density at radius 1 is 0.690 bits per heavy atom. The highest BCUT2D eigenvalue weighted by Crippen LogP contribution is 2.40. The number of halogens is 2. The molecule has 7 nitrogen and oxygen atoms in total. The molecule has 3 heterocycles. The average molecular weight is 521 g/mol. The van der Waals surface area contributed by atoms with Crippen LogP contribution in [0, 0.1) is 0 Å². The number of carbonyl (C=O) groups is 2. The standard InChI is InChI=1S/C20H11Br2NO6/c21-13-5-17-15(26-7-28-17)3-9(13)1-11-12(20(25)23-19(11)24)2-10-4-16-18(6-14(10)22)29-8-27-16/h1-6H,7-8H2,(H,23,24,25)/b11-1+,12-2?. The highest BCUT2D eigenvalue weighted by Gasteiger charge is 2.31. The van der Waals surface area contributed by atoms with Crippen LogP contribution in [-0.4, -0.2) is 25.4 Å². The van der Waals surface area contributed by atoms with E-state index in [1.165, 1.54) is 0 Å². The van der Waals surface area contributed by atoms with Crippen LogP contribution < -0.4 is 24.3 Å². The maximum Gasteiger partial charge on any atom is 0.258 e. The summed E-state index contributed by atoms with van der Waals surface area (Å²) in [5.74, 6) is 1.45. The molecule has 2 aromatic carbocycles. The number of hydrogen-bond acceptors (Lipinski definition) is 6. The molecular weight excluding hydrogens is 510 g/mol. The third-order valence-electron chi connectivity index (χ3n) is 4.59. The molecule has 0 unspecified atom stereocenters. The van der Waals surface area contributed by atoms with Gasteiger partial charge in [0.2, 0.25) is 13.6 Å². The second kappa shape index (κ2) is 6.93. The van der Waals surface area contributed by atoms with Crippen LogP contribution in [0.25, 0.3) is 12.2 Å². The van der Waals surface area contributed by atoms with Gasteiger partial charge in [0.1, 0.15) is 0 Å². The molecule has 1 saturated heterocycles. The highest BCUT2D eigenvalue weighted by atomic mass is 79.9. The molecule has 0 aromatic heterocycles. The lowest BCUT2D eigenvalue weighted by atomic mass is 10.0. The van der Waals surface area contributed by atoms with Gasteiger partial charge in [-0.3, -0.25) is 14.9 Å². The molecule has 2 amide bonds. The molecule has 1 N–H and O–H groups in total. The molecular formula is C20H11Br2NO6. The van der Waals surface area contributed by atoms with Crippen LogP contribution in [0.5, 0.6) is 23.0 Å². The number of imide groups is 1. The van der Waals surface area contributed by atoms with E-state index < -0.39 is 11.8 Å². The van der Waals surface area contributed by atoms with Crippen molar-refractivity contribution in [3.63, 3.8) is 0 Å². The van der Waals surface area contributed by atoms with Crippen LogP contribution in [0.3, 0.4) is 0 Å². The van der Waals surface area contributed by atoms with Crippen LogP contribution in [0.4, 0.5) is 0 Å². The van der Waals surface area contributed by atoms with Gasteiger partial charge in [0, 0.05) is 8.95 Å². The zero-order chi connectivity index (χ0) is 20.1. The summed E-state index contributed by atoms with van der Waals surface area (Å²) in [7, 11) is 0. The number of benzene rings is 2. The van der Waals surface area contributed by atoms with E-state index in [0.29, 0.717) is 43.1 Å². The second-order valence-electron chi connectivity index (χ2n) is 6.35. The first-order valence-electron chi connectivity index (χ1n) is 8.47. The first-order chi connectivity index (χ1) is 14.0. The molecule has 0 saturated carbocycles. The Morgan fingerprint density at radius 3 is 1.48 bits per heavy atom. The number of hydrogen-bond donors (Lipinski definition) is 1. The number of amides is 2. The van der Waals surface area contributed by atoms with E-state index in [4.69, 9.17) is 18.9 Å². The van der Waals surface area contributed by atoms with E-state index in [-0.39, 0.29) is 24.7 Å². The lowest BCUT2D eigenvalue weighted by Gasteiger charge is -2.05.